The van der Waals surface area contributed by atoms with Gasteiger partial charge in [0, 0.05) is 18.3 Å². The zero-order chi connectivity index (χ0) is 10.7. The summed E-state index contributed by atoms with van der Waals surface area (Å²) in [6.07, 6.45) is 1.46. The number of halogens is 2. The lowest BCUT2D eigenvalue weighted by Crippen LogP contribution is -1.89. The Morgan fingerprint density at radius 1 is 1.27 bits per heavy atom. The molecule has 0 unspecified atom stereocenters. The molecule has 0 saturated carbocycles. The van der Waals surface area contributed by atoms with E-state index < -0.39 is 0 Å². The van der Waals surface area contributed by atoms with Gasteiger partial charge in [0.25, 0.3) is 0 Å². The largest absolute Gasteiger partial charge is 0.439 e. The highest BCUT2D eigenvalue weighted by Crippen LogP contribution is 2.20. The van der Waals surface area contributed by atoms with Crippen molar-refractivity contribution in [3.63, 3.8) is 0 Å². The molecule has 0 spiro atoms. The number of hydrogen-bond donors (Lipinski definition) is 0. The van der Waals surface area contributed by atoms with Crippen molar-refractivity contribution < 1.29 is 9.13 Å². The second kappa shape index (κ2) is 4.23. The first-order valence-electron chi connectivity index (χ1n) is 4.16. The molecule has 0 radical (unpaired) electrons. The molecule has 1 heterocycles. The van der Waals surface area contributed by atoms with E-state index in [4.69, 9.17) is 16.3 Å². The van der Waals surface area contributed by atoms with Crippen LogP contribution in [0, 0.1) is 5.82 Å². The van der Waals surface area contributed by atoms with Crippen LogP contribution in [0.1, 0.15) is 0 Å². The molecule has 0 fully saturated rings. The molecule has 0 aliphatic rings. The van der Waals surface area contributed by atoms with Crippen LogP contribution < -0.4 is 4.74 Å². The molecule has 15 heavy (non-hydrogen) atoms. The van der Waals surface area contributed by atoms with Gasteiger partial charge in [-0.3, -0.25) is 0 Å². The summed E-state index contributed by atoms with van der Waals surface area (Å²) in [4.78, 5) is 7.51. The molecule has 2 rings (SSSR count). The summed E-state index contributed by atoms with van der Waals surface area (Å²) in [6, 6.07) is 7.30. The van der Waals surface area contributed by atoms with Crippen molar-refractivity contribution in [3.8, 4) is 11.6 Å². The molecular formula is C10H6ClFN2O. The van der Waals surface area contributed by atoms with Gasteiger partial charge in [0.15, 0.2) is 0 Å². The van der Waals surface area contributed by atoms with E-state index in [1.807, 2.05) is 0 Å². The van der Waals surface area contributed by atoms with E-state index in [1.165, 1.54) is 24.4 Å². The number of rotatable bonds is 2. The zero-order valence-corrected chi connectivity index (χ0v) is 8.28. The normalized spacial score (nSPS) is 10.0. The Bertz CT molecular complexity index is 435. The van der Waals surface area contributed by atoms with Crippen LogP contribution in [0.3, 0.4) is 0 Å². The van der Waals surface area contributed by atoms with Gasteiger partial charge in [-0.25, -0.2) is 9.37 Å². The fourth-order valence-electron chi connectivity index (χ4n) is 1.03. The minimum absolute atomic E-state index is 0.0869. The lowest BCUT2D eigenvalue weighted by molar-refractivity contribution is 0.457. The smallest absolute Gasteiger partial charge is 0.225 e. The summed E-state index contributed by atoms with van der Waals surface area (Å²) in [7, 11) is 0. The van der Waals surface area contributed by atoms with Gasteiger partial charge >= 0.3 is 0 Å². The van der Waals surface area contributed by atoms with Crippen LogP contribution in [0.2, 0.25) is 5.28 Å². The molecular weight excluding hydrogens is 219 g/mol. The predicted octanol–water partition coefficient (Wildman–Crippen LogP) is 3.06. The van der Waals surface area contributed by atoms with E-state index in [9.17, 15) is 4.39 Å². The lowest BCUT2D eigenvalue weighted by Gasteiger charge is -2.03. The Morgan fingerprint density at radius 3 is 2.87 bits per heavy atom. The van der Waals surface area contributed by atoms with Gasteiger partial charge in [-0.1, -0.05) is 6.07 Å². The molecule has 0 aliphatic carbocycles. The van der Waals surface area contributed by atoms with Crippen molar-refractivity contribution in [2.24, 2.45) is 0 Å². The summed E-state index contributed by atoms with van der Waals surface area (Å²) in [5.41, 5.74) is 0. The maximum absolute atomic E-state index is 12.8. The zero-order valence-electron chi connectivity index (χ0n) is 7.52. The fourth-order valence-corrected chi connectivity index (χ4v) is 1.17. The van der Waals surface area contributed by atoms with E-state index in [0.29, 0.717) is 5.75 Å². The van der Waals surface area contributed by atoms with E-state index in [2.05, 4.69) is 9.97 Å². The predicted molar refractivity (Wildman–Crippen MR) is 53.5 cm³/mol. The fraction of sp³-hybridized carbons (Fsp3) is 0. The van der Waals surface area contributed by atoms with Gasteiger partial charge in [0.1, 0.15) is 11.6 Å². The minimum Gasteiger partial charge on any atom is -0.439 e. The maximum Gasteiger partial charge on any atom is 0.225 e. The van der Waals surface area contributed by atoms with E-state index in [0.717, 1.165) is 0 Å². The molecule has 5 heteroatoms. The molecule has 0 N–H and O–H groups in total. The highest BCUT2D eigenvalue weighted by molar-refractivity contribution is 6.28. The average molecular weight is 225 g/mol. The molecule has 0 amide bonds. The molecule has 2 aromatic rings. The van der Waals surface area contributed by atoms with Gasteiger partial charge in [0.2, 0.25) is 11.2 Å². The highest BCUT2D eigenvalue weighted by atomic mass is 35.5. The van der Waals surface area contributed by atoms with E-state index in [-0.39, 0.29) is 17.0 Å². The first-order valence-corrected chi connectivity index (χ1v) is 4.54. The Hall–Kier alpha value is -1.68. The van der Waals surface area contributed by atoms with Crippen molar-refractivity contribution in [2.45, 2.75) is 0 Å². The lowest BCUT2D eigenvalue weighted by atomic mass is 10.3. The standard InChI is InChI=1S/C10H6ClFN2O/c11-10-13-5-4-9(14-10)15-8-3-1-2-7(12)6-8/h1-6H. The second-order valence-corrected chi connectivity index (χ2v) is 3.06. The first-order chi connectivity index (χ1) is 7.24. The van der Waals surface area contributed by atoms with E-state index >= 15 is 0 Å². The van der Waals surface area contributed by atoms with Gasteiger partial charge < -0.3 is 4.74 Å². The molecule has 0 saturated heterocycles. The second-order valence-electron chi connectivity index (χ2n) is 2.72. The van der Waals surface area contributed by atoms with E-state index in [1.54, 1.807) is 12.1 Å². The monoisotopic (exact) mass is 224 g/mol. The number of ether oxygens (including phenoxy) is 1. The van der Waals surface area contributed by atoms with Crippen LogP contribution in [0.25, 0.3) is 0 Å². The van der Waals surface area contributed by atoms with Crippen molar-refractivity contribution in [1.29, 1.82) is 0 Å². The summed E-state index contributed by atoms with van der Waals surface area (Å²) in [5, 5.41) is 0.0869. The number of aromatic nitrogens is 2. The topological polar surface area (TPSA) is 35.0 Å². The molecule has 0 aliphatic heterocycles. The van der Waals surface area contributed by atoms with Gasteiger partial charge in [-0.2, -0.15) is 4.98 Å². The third-order valence-corrected chi connectivity index (χ3v) is 1.80. The quantitative estimate of drug-likeness (QED) is 0.736. The van der Waals surface area contributed by atoms with Gasteiger partial charge in [-0.05, 0) is 23.7 Å². The summed E-state index contributed by atoms with van der Waals surface area (Å²) < 4.78 is 18.1. The Labute approximate surface area is 90.5 Å². The van der Waals surface area contributed by atoms with Crippen LogP contribution >= 0.6 is 11.6 Å². The third kappa shape index (κ3) is 2.63. The number of nitrogens with zero attached hydrogens (tertiary/aromatic N) is 2. The van der Waals surface area contributed by atoms with Crippen LogP contribution in [0.15, 0.2) is 36.5 Å². The van der Waals surface area contributed by atoms with Crippen molar-refractivity contribution in [2.75, 3.05) is 0 Å². The van der Waals surface area contributed by atoms with Gasteiger partial charge in [-0.15, -0.1) is 0 Å². The molecule has 3 nitrogen and oxygen atoms in total. The number of hydrogen-bond acceptors (Lipinski definition) is 3. The molecule has 0 atom stereocenters. The summed E-state index contributed by atoms with van der Waals surface area (Å²) >= 11 is 5.57. The molecule has 0 bridgehead atoms. The van der Waals surface area contributed by atoms with Crippen molar-refractivity contribution in [3.05, 3.63) is 47.6 Å². The van der Waals surface area contributed by atoms with Crippen LogP contribution in [-0.2, 0) is 0 Å². The SMILES string of the molecule is Fc1cccc(Oc2ccnc(Cl)n2)c1. The first kappa shape index (κ1) is 9.86. The van der Waals surface area contributed by atoms with Crippen molar-refractivity contribution >= 4 is 11.6 Å². The van der Waals surface area contributed by atoms with Crippen molar-refractivity contribution in [1.82, 2.24) is 9.97 Å². The Morgan fingerprint density at radius 2 is 2.13 bits per heavy atom. The summed E-state index contributed by atoms with van der Waals surface area (Å²) in [6.45, 7) is 0. The Kier molecular flexibility index (Phi) is 2.78. The molecule has 1 aromatic heterocycles. The molecule has 1 aromatic carbocycles. The van der Waals surface area contributed by atoms with Crippen LogP contribution in [0.4, 0.5) is 4.39 Å². The summed E-state index contributed by atoms with van der Waals surface area (Å²) in [5.74, 6) is 0.276. The van der Waals surface area contributed by atoms with Crippen LogP contribution in [0.5, 0.6) is 11.6 Å². The van der Waals surface area contributed by atoms with Gasteiger partial charge in [0.05, 0.1) is 0 Å². The third-order valence-electron chi connectivity index (χ3n) is 1.62. The average Bonchev–Trinajstić information content (AvgIpc) is 2.17. The number of benzene rings is 1. The molecule has 76 valence electrons. The maximum atomic E-state index is 12.8. The van der Waals surface area contributed by atoms with Crippen LogP contribution in [-0.4, -0.2) is 9.97 Å². The Balaban J connectivity index is 2.22. The highest BCUT2D eigenvalue weighted by Gasteiger charge is 2.00. The minimum atomic E-state index is -0.368.